The summed E-state index contributed by atoms with van der Waals surface area (Å²) in [4.78, 5) is 11.5. The molecule has 0 fully saturated rings. The van der Waals surface area contributed by atoms with Crippen molar-refractivity contribution in [2.24, 2.45) is 12.8 Å². The first kappa shape index (κ1) is 11.7. The number of carbonyl (C=O) groups excluding carboxylic acids is 1. The smallest absolute Gasteiger partial charge is 0.327 e. The van der Waals surface area contributed by atoms with Gasteiger partial charge < -0.3 is 10.5 Å². The summed E-state index contributed by atoms with van der Waals surface area (Å²) < 4.78 is 6.73. The van der Waals surface area contributed by atoms with E-state index in [4.69, 9.17) is 10.5 Å². The third-order valence-corrected chi connectivity index (χ3v) is 2.23. The number of nitrogens with zero attached hydrogens (tertiary/aromatic N) is 2. The highest BCUT2D eigenvalue weighted by Crippen LogP contribution is 2.12. The van der Waals surface area contributed by atoms with Crippen LogP contribution in [0.3, 0.4) is 0 Å². The molecule has 2 unspecified atom stereocenters. The van der Waals surface area contributed by atoms with Crippen LogP contribution in [0.15, 0.2) is 12.4 Å². The first-order valence-electron chi connectivity index (χ1n) is 4.99. The minimum Gasteiger partial charge on any atom is -0.461 e. The summed E-state index contributed by atoms with van der Waals surface area (Å²) in [6.45, 7) is 3.79. The Bertz CT molecular complexity index is 335. The number of rotatable bonds is 4. The molecule has 1 heterocycles. The van der Waals surface area contributed by atoms with Gasteiger partial charge in [0.25, 0.3) is 0 Å². The van der Waals surface area contributed by atoms with Crippen molar-refractivity contribution in [1.82, 2.24) is 9.78 Å². The molecule has 0 aliphatic rings. The lowest BCUT2D eigenvalue weighted by Gasteiger charge is -2.14. The maximum atomic E-state index is 11.5. The molecule has 15 heavy (non-hydrogen) atoms. The normalized spacial score (nSPS) is 14.7. The minimum atomic E-state index is -0.743. The summed E-state index contributed by atoms with van der Waals surface area (Å²) in [5.74, 6) is -0.405. The molecular formula is C10H17N3O2. The Labute approximate surface area is 89.2 Å². The van der Waals surface area contributed by atoms with Crippen LogP contribution in [0.25, 0.3) is 0 Å². The predicted molar refractivity (Wildman–Crippen MR) is 56.0 cm³/mol. The molecule has 0 radical (unpaired) electrons. The number of carbonyl (C=O) groups is 1. The molecule has 0 spiro atoms. The van der Waals surface area contributed by atoms with Gasteiger partial charge in [-0.15, -0.1) is 0 Å². The second-order valence-corrected chi connectivity index (χ2v) is 3.58. The molecular weight excluding hydrogens is 194 g/mol. The Balaban J connectivity index is 2.60. The number of aryl methyl sites for hydroxylation is 1. The van der Waals surface area contributed by atoms with Gasteiger partial charge >= 0.3 is 5.97 Å². The second-order valence-electron chi connectivity index (χ2n) is 3.58. The van der Waals surface area contributed by atoms with Crippen molar-refractivity contribution in [3.8, 4) is 0 Å². The molecule has 1 rings (SSSR count). The fourth-order valence-corrected chi connectivity index (χ4v) is 1.09. The highest BCUT2D eigenvalue weighted by molar-refractivity contribution is 5.77. The van der Waals surface area contributed by atoms with Gasteiger partial charge in [0.2, 0.25) is 0 Å². The van der Waals surface area contributed by atoms with Gasteiger partial charge in [0.05, 0.1) is 12.3 Å². The van der Waals surface area contributed by atoms with Gasteiger partial charge in [-0.1, -0.05) is 6.92 Å². The summed E-state index contributed by atoms with van der Waals surface area (Å²) in [7, 11) is 1.77. The van der Waals surface area contributed by atoms with Gasteiger partial charge in [0.1, 0.15) is 6.04 Å². The lowest BCUT2D eigenvalue weighted by Crippen LogP contribution is -2.26. The van der Waals surface area contributed by atoms with Gasteiger partial charge in [-0.3, -0.25) is 4.68 Å². The van der Waals surface area contributed by atoms with Crippen LogP contribution in [0.2, 0.25) is 0 Å². The van der Waals surface area contributed by atoms with Crippen LogP contribution in [0.1, 0.15) is 31.9 Å². The van der Waals surface area contributed by atoms with E-state index in [9.17, 15) is 4.79 Å². The number of ether oxygens (including phenoxy) is 1. The molecule has 84 valence electrons. The van der Waals surface area contributed by atoms with Crippen molar-refractivity contribution in [2.75, 3.05) is 0 Å². The summed E-state index contributed by atoms with van der Waals surface area (Å²) in [5, 5.41) is 3.95. The van der Waals surface area contributed by atoms with Crippen LogP contribution >= 0.6 is 0 Å². The molecule has 2 N–H and O–H groups in total. The van der Waals surface area contributed by atoms with E-state index < -0.39 is 12.0 Å². The second kappa shape index (κ2) is 4.93. The van der Waals surface area contributed by atoms with Crippen LogP contribution in [0.4, 0.5) is 0 Å². The van der Waals surface area contributed by atoms with Crippen LogP contribution in [0.5, 0.6) is 0 Å². The maximum absolute atomic E-state index is 11.5. The van der Waals surface area contributed by atoms with Crippen LogP contribution in [-0.2, 0) is 16.6 Å². The predicted octanol–water partition coefficient (Wildman–Crippen LogP) is 0.762. The van der Waals surface area contributed by atoms with Crippen LogP contribution in [0, 0.1) is 0 Å². The summed E-state index contributed by atoms with van der Waals surface area (Å²) >= 11 is 0. The quantitative estimate of drug-likeness (QED) is 0.746. The van der Waals surface area contributed by atoms with E-state index >= 15 is 0 Å². The van der Waals surface area contributed by atoms with Gasteiger partial charge in [0, 0.05) is 18.8 Å². The zero-order valence-corrected chi connectivity index (χ0v) is 9.30. The van der Waals surface area contributed by atoms with Gasteiger partial charge in [-0.05, 0) is 13.3 Å². The maximum Gasteiger partial charge on any atom is 0.327 e. The number of hydrogen-bond acceptors (Lipinski definition) is 4. The fourth-order valence-electron chi connectivity index (χ4n) is 1.09. The number of esters is 1. The molecule has 0 bridgehead atoms. The summed E-state index contributed by atoms with van der Waals surface area (Å²) in [6, 6.07) is -0.743. The highest BCUT2D eigenvalue weighted by atomic mass is 16.5. The minimum absolute atomic E-state index is 0.0970. The van der Waals surface area contributed by atoms with Gasteiger partial charge in [0.15, 0.2) is 0 Å². The average molecular weight is 211 g/mol. The molecule has 1 aromatic heterocycles. The molecule has 0 saturated carbocycles. The van der Waals surface area contributed by atoms with E-state index in [1.165, 1.54) is 0 Å². The van der Waals surface area contributed by atoms with E-state index in [1.54, 1.807) is 24.1 Å². The van der Waals surface area contributed by atoms with Crippen molar-refractivity contribution in [3.63, 3.8) is 0 Å². The highest BCUT2D eigenvalue weighted by Gasteiger charge is 2.20. The van der Waals surface area contributed by atoms with E-state index in [-0.39, 0.29) is 6.10 Å². The fraction of sp³-hybridized carbons (Fsp3) is 0.600. The van der Waals surface area contributed by atoms with E-state index in [0.717, 1.165) is 6.42 Å². The molecule has 5 heteroatoms. The average Bonchev–Trinajstić information content (AvgIpc) is 2.63. The Morgan fingerprint density at radius 3 is 2.87 bits per heavy atom. The number of hydrogen-bond donors (Lipinski definition) is 1. The zero-order valence-electron chi connectivity index (χ0n) is 9.30. The van der Waals surface area contributed by atoms with E-state index in [0.29, 0.717) is 5.56 Å². The van der Waals surface area contributed by atoms with Crippen molar-refractivity contribution < 1.29 is 9.53 Å². The largest absolute Gasteiger partial charge is 0.461 e. The Morgan fingerprint density at radius 1 is 1.73 bits per heavy atom. The third kappa shape index (κ3) is 3.06. The molecule has 0 aliphatic heterocycles. The zero-order chi connectivity index (χ0) is 11.4. The lowest BCUT2D eigenvalue weighted by molar-refractivity contribution is -0.150. The summed E-state index contributed by atoms with van der Waals surface area (Å²) in [5.41, 5.74) is 6.40. The number of aromatic nitrogens is 2. The first-order valence-corrected chi connectivity index (χ1v) is 4.99. The van der Waals surface area contributed by atoms with Crippen LogP contribution in [-0.4, -0.2) is 21.9 Å². The van der Waals surface area contributed by atoms with Crippen molar-refractivity contribution in [2.45, 2.75) is 32.4 Å². The van der Waals surface area contributed by atoms with Crippen molar-refractivity contribution in [1.29, 1.82) is 0 Å². The monoisotopic (exact) mass is 211 g/mol. The SMILES string of the molecule is CCC(C)OC(=O)C(N)c1cnn(C)c1. The molecule has 0 aromatic carbocycles. The Morgan fingerprint density at radius 2 is 2.40 bits per heavy atom. The lowest BCUT2D eigenvalue weighted by atomic mass is 10.2. The Kier molecular flexibility index (Phi) is 3.85. The standard InChI is InChI=1S/C10H17N3O2/c1-4-7(2)15-10(14)9(11)8-5-12-13(3)6-8/h5-7,9H,4,11H2,1-3H3. The van der Waals surface area contributed by atoms with E-state index in [2.05, 4.69) is 5.10 Å². The first-order chi connectivity index (χ1) is 7.04. The molecule has 2 atom stereocenters. The molecule has 1 aromatic rings. The molecule has 0 amide bonds. The molecule has 0 aliphatic carbocycles. The van der Waals surface area contributed by atoms with Crippen molar-refractivity contribution in [3.05, 3.63) is 18.0 Å². The molecule has 5 nitrogen and oxygen atoms in total. The molecule has 0 saturated heterocycles. The van der Waals surface area contributed by atoms with Gasteiger partial charge in [-0.2, -0.15) is 5.10 Å². The third-order valence-electron chi connectivity index (χ3n) is 2.23. The van der Waals surface area contributed by atoms with E-state index in [1.807, 2.05) is 13.8 Å². The Hall–Kier alpha value is -1.36. The van der Waals surface area contributed by atoms with Crippen molar-refractivity contribution >= 4 is 5.97 Å². The summed E-state index contributed by atoms with van der Waals surface area (Å²) in [6.07, 6.45) is 3.97. The van der Waals surface area contributed by atoms with Crippen LogP contribution < -0.4 is 5.73 Å². The topological polar surface area (TPSA) is 70.1 Å². The van der Waals surface area contributed by atoms with Gasteiger partial charge in [-0.25, -0.2) is 4.79 Å². The number of nitrogens with two attached hydrogens (primary N) is 1.